The van der Waals surface area contributed by atoms with Crippen molar-refractivity contribution in [2.45, 2.75) is 0 Å². The first-order chi connectivity index (χ1) is 0. The molecule has 0 aliphatic rings. The molecule has 0 aromatic rings. The van der Waals surface area contributed by atoms with Crippen LogP contribution >= 0.6 is 0 Å². The maximum absolute atomic E-state index is 0. The summed E-state index contributed by atoms with van der Waals surface area (Å²) in [4.78, 5) is 0. The van der Waals surface area contributed by atoms with Gasteiger partial charge in [-0.25, -0.2) is 0 Å². The molecule has 0 aromatic carbocycles. The summed E-state index contributed by atoms with van der Waals surface area (Å²) in [5, 5.41) is 0. The van der Waals surface area contributed by atoms with Crippen molar-refractivity contribution in [3.63, 3.8) is 0 Å². The fourth-order valence-electron chi connectivity index (χ4n) is 0. The van der Waals surface area contributed by atoms with Gasteiger partial charge < -0.3 is 5.48 Å². The Labute approximate surface area is 104 Å². The van der Waals surface area contributed by atoms with Crippen molar-refractivity contribution in [1.82, 2.24) is 0 Å². The Bertz CT molecular complexity index is 8.00. The van der Waals surface area contributed by atoms with E-state index in [1.165, 1.54) is 0 Å². The molecular formula is H2BaCoLaO. The number of hydrogen-bond acceptors (Lipinski definition) is 0. The average molecular weight is 353 g/mol. The Morgan fingerprint density at radius 1 is 1.00 bits per heavy atom. The van der Waals surface area contributed by atoms with Gasteiger partial charge in [-0.05, 0) is 0 Å². The molecule has 0 spiro atoms. The molecule has 0 bridgehead atoms. The van der Waals surface area contributed by atoms with E-state index in [0.717, 1.165) is 0 Å². The average Bonchev–Trinajstić information content (AvgIpc) is 0. The minimum absolute atomic E-state index is 0. The van der Waals surface area contributed by atoms with Crippen LogP contribution in [0.25, 0.3) is 0 Å². The van der Waals surface area contributed by atoms with Gasteiger partial charge in [0.2, 0.25) is 0 Å². The second-order valence-corrected chi connectivity index (χ2v) is 0. The van der Waals surface area contributed by atoms with Crippen molar-refractivity contribution in [2.24, 2.45) is 0 Å². The molecule has 0 saturated carbocycles. The molecule has 0 amide bonds. The molecule has 22 valence electrons. The predicted molar refractivity (Wildman–Crippen MR) is 9.23 cm³/mol. The van der Waals surface area contributed by atoms with Crippen LogP contribution in [0.2, 0.25) is 0 Å². The summed E-state index contributed by atoms with van der Waals surface area (Å²) in [5.74, 6) is 0. The molecule has 0 unspecified atom stereocenters. The first-order valence-corrected chi connectivity index (χ1v) is 0. The third-order valence-corrected chi connectivity index (χ3v) is 0. The molecule has 0 atom stereocenters. The Morgan fingerprint density at radius 3 is 1.00 bits per heavy atom. The van der Waals surface area contributed by atoms with Gasteiger partial charge >= 0.3 is 65.7 Å². The van der Waals surface area contributed by atoms with E-state index < -0.39 is 0 Å². The molecule has 0 N–H and O–H groups in total. The van der Waals surface area contributed by atoms with Crippen LogP contribution < -0.4 is 0 Å². The summed E-state index contributed by atoms with van der Waals surface area (Å²) in [6, 6.07) is 0. The van der Waals surface area contributed by atoms with E-state index in [1.54, 1.807) is 0 Å². The number of hydrogen-bond donors (Lipinski definition) is 0. The second kappa shape index (κ2) is 16.3. The van der Waals surface area contributed by atoms with Crippen LogP contribution in [-0.2, 0) is 22.3 Å². The fourth-order valence-corrected chi connectivity index (χ4v) is 0. The zero-order valence-corrected chi connectivity index (χ0v) is 5.99. The molecule has 0 fully saturated rings. The zero-order valence-electron chi connectivity index (χ0n) is 1.32. The Hall–Kier alpha value is 3.23. The minimum Gasteiger partial charge on any atom is -2.00 e. The Balaban J connectivity index is 0. The first kappa shape index (κ1) is 26.9. The van der Waals surface area contributed by atoms with E-state index in [2.05, 4.69) is 0 Å². The molecule has 4 heavy (non-hydrogen) atoms. The van der Waals surface area contributed by atoms with Crippen LogP contribution in [-0.4, -0.2) is 48.9 Å². The molecule has 0 saturated heterocycles. The molecule has 0 rings (SSSR count). The summed E-state index contributed by atoms with van der Waals surface area (Å²) in [6.45, 7) is 0. The van der Waals surface area contributed by atoms with Crippen molar-refractivity contribution >= 4 is 48.9 Å². The Morgan fingerprint density at radius 2 is 1.00 bits per heavy atom. The van der Waals surface area contributed by atoms with Crippen molar-refractivity contribution in [1.29, 1.82) is 0 Å². The minimum atomic E-state index is 0. The van der Waals surface area contributed by atoms with Gasteiger partial charge in [0.25, 0.3) is 0 Å². The van der Waals surface area contributed by atoms with E-state index in [1.807, 2.05) is 0 Å². The van der Waals surface area contributed by atoms with Crippen LogP contribution in [0.1, 0.15) is 0 Å². The third-order valence-electron chi connectivity index (χ3n) is 0. The summed E-state index contributed by atoms with van der Waals surface area (Å²) in [7, 11) is 0. The van der Waals surface area contributed by atoms with Crippen molar-refractivity contribution < 1.29 is 57.9 Å². The van der Waals surface area contributed by atoms with Gasteiger partial charge in [-0.1, -0.05) is 0 Å². The van der Waals surface area contributed by atoms with E-state index in [4.69, 9.17) is 0 Å². The third kappa shape index (κ3) is 8.97. The van der Waals surface area contributed by atoms with Crippen LogP contribution in [0.15, 0.2) is 0 Å². The summed E-state index contributed by atoms with van der Waals surface area (Å²) in [6.07, 6.45) is 0. The predicted octanol–water partition coefficient (Wildman–Crippen LogP) is -1.04. The normalized spacial score (nSPS) is 0. The second-order valence-electron chi connectivity index (χ2n) is 0. The van der Waals surface area contributed by atoms with Crippen molar-refractivity contribution in [2.75, 3.05) is 0 Å². The molecule has 4 heteroatoms. The number of rotatable bonds is 0. The molecule has 2 radical (unpaired) electrons. The largest absolute Gasteiger partial charge is 2.00 e. The monoisotopic (exact) mass is 354 g/mol. The molecule has 0 aliphatic carbocycles. The summed E-state index contributed by atoms with van der Waals surface area (Å²) < 4.78 is 0. The molecule has 1 nitrogen and oxygen atoms in total. The van der Waals surface area contributed by atoms with Gasteiger partial charge in [0, 0.05) is 35.6 Å². The topological polar surface area (TPSA) is 28.5 Å². The van der Waals surface area contributed by atoms with Crippen LogP contribution in [0.4, 0.5) is 0 Å². The van der Waals surface area contributed by atoms with Crippen molar-refractivity contribution in [3.05, 3.63) is 0 Å². The quantitative estimate of drug-likeness (QED) is 0.498. The van der Waals surface area contributed by atoms with Gasteiger partial charge in [0.05, 0.1) is 0 Å². The zero-order chi connectivity index (χ0) is 0. The standard InChI is InChI=1S/Ba.Co.La.O.2H/q;+2;;-2;;. The molecule has 0 aromatic heterocycles. The maximum atomic E-state index is 0. The van der Waals surface area contributed by atoms with Crippen LogP contribution in [0.5, 0.6) is 0 Å². The van der Waals surface area contributed by atoms with E-state index in [0.29, 0.717) is 0 Å². The van der Waals surface area contributed by atoms with Gasteiger partial charge in [-0.2, -0.15) is 0 Å². The summed E-state index contributed by atoms with van der Waals surface area (Å²) >= 11 is 0. The first-order valence-electron chi connectivity index (χ1n) is 0. The molecule has 0 heterocycles. The smallest absolute Gasteiger partial charge is 2.00 e. The maximum Gasteiger partial charge on any atom is 2.00 e. The van der Waals surface area contributed by atoms with Crippen molar-refractivity contribution in [3.8, 4) is 0 Å². The SMILES string of the molecule is [BaH2].[Co+2].[La].[O-2]. The van der Waals surface area contributed by atoms with Gasteiger partial charge in [-0.15, -0.1) is 0 Å². The Kier molecular flexibility index (Phi) is 110. The van der Waals surface area contributed by atoms with E-state index in [9.17, 15) is 0 Å². The van der Waals surface area contributed by atoms with Crippen LogP contribution in [0, 0.1) is 35.6 Å². The van der Waals surface area contributed by atoms with Gasteiger partial charge in [-0.3, -0.25) is 0 Å². The molecule has 0 aliphatic heterocycles. The van der Waals surface area contributed by atoms with E-state index >= 15 is 0 Å². The van der Waals surface area contributed by atoms with Gasteiger partial charge in [0.15, 0.2) is 0 Å². The van der Waals surface area contributed by atoms with Crippen LogP contribution in [0.3, 0.4) is 0 Å². The summed E-state index contributed by atoms with van der Waals surface area (Å²) in [5.41, 5.74) is 0. The van der Waals surface area contributed by atoms with Gasteiger partial charge in [0.1, 0.15) is 0 Å². The molecular weight excluding hydrogens is 351 g/mol. The van der Waals surface area contributed by atoms with E-state index in [-0.39, 0.29) is 107 Å². The fraction of sp³-hybridized carbons (Fsp3) is 0.